The van der Waals surface area contributed by atoms with Crippen LogP contribution in [0, 0.1) is 3.57 Å². The third-order valence-electron chi connectivity index (χ3n) is 4.14. The Bertz CT molecular complexity index is 1060. The van der Waals surface area contributed by atoms with Crippen LogP contribution in [0.5, 0.6) is 11.5 Å². The third-order valence-corrected chi connectivity index (χ3v) is 6.10. The summed E-state index contributed by atoms with van der Waals surface area (Å²) in [5, 5.41) is 2.67. The predicted octanol–water partition coefficient (Wildman–Crippen LogP) is 5.03. The molecule has 3 rings (SSSR count). The van der Waals surface area contributed by atoms with Gasteiger partial charge in [-0.3, -0.25) is 19.3 Å². The van der Waals surface area contributed by atoms with Gasteiger partial charge in [-0.05, 0) is 89.3 Å². The highest BCUT2D eigenvalue weighted by molar-refractivity contribution is 14.1. The van der Waals surface area contributed by atoms with Gasteiger partial charge in [0.05, 0.1) is 22.2 Å². The van der Waals surface area contributed by atoms with Gasteiger partial charge in [-0.1, -0.05) is 11.6 Å². The summed E-state index contributed by atoms with van der Waals surface area (Å²) in [7, 11) is 1.56. The van der Waals surface area contributed by atoms with Crippen molar-refractivity contribution in [1.82, 2.24) is 4.90 Å². The molecule has 3 amide bonds. The summed E-state index contributed by atoms with van der Waals surface area (Å²) in [4.78, 5) is 38.5. The number of methoxy groups -OCH3 is 1. The van der Waals surface area contributed by atoms with Crippen LogP contribution in [0.25, 0.3) is 6.08 Å². The van der Waals surface area contributed by atoms with Crippen molar-refractivity contribution in [2.45, 2.75) is 6.92 Å². The third kappa shape index (κ3) is 5.72. The molecule has 1 aliphatic rings. The molecule has 2 aromatic rings. The number of amides is 3. The van der Waals surface area contributed by atoms with Crippen molar-refractivity contribution in [2.24, 2.45) is 0 Å². The second-order valence-electron chi connectivity index (χ2n) is 6.29. The van der Waals surface area contributed by atoms with E-state index in [1.807, 2.05) is 13.0 Å². The highest BCUT2D eigenvalue weighted by Crippen LogP contribution is 2.37. The standard InChI is InChI=1S/C21H18ClIN2O5S/c1-3-30-16-9-12(8-15(23)19(16)29-2)10-17-20(27)25(21(28)31-17)11-18(26)24-14-6-4-13(22)5-7-14/h4-10H,3,11H2,1-2H3,(H,24,26)/b17-10+. The molecule has 2 aromatic carbocycles. The molecule has 0 saturated carbocycles. The number of hydrogen-bond donors (Lipinski definition) is 1. The van der Waals surface area contributed by atoms with Crippen LogP contribution in [0.1, 0.15) is 12.5 Å². The maximum absolute atomic E-state index is 12.7. The summed E-state index contributed by atoms with van der Waals surface area (Å²) >= 11 is 8.73. The number of anilines is 1. The first-order valence-corrected chi connectivity index (χ1v) is 11.4. The van der Waals surface area contributed by atoms with E-state index in [9.17, 15) is 14.4 Å². The molecule has 0 bridgehead atoms. The molecule has 1 aliphatic heterocycles. The lowest BCUT2D eigenvalue weighted by Crippen LogP contribution is -2.36. The van der Waals surface area contributed by atoms with E-state index in [4.69, 9.17) is 21.1 Å². The van der Waals surface area contributed by atoms with Crippen LogP contribution in [0.2, 0.25) is 5.02 Å². The molecule has 10 heteroatoms. The molecule has 31 heavy (non-hydrogen) atoms. The van der Waals surface area contributed by atoms with Gasteiger partial charge >= 0.3 is 0 Å². The average Bonchev–Trinajstić information content (AvgIpc) is 2.97. The molecular weight excluding hydrogens is 555 g/mol. The zero-order valence-corrected chi connectivity index (χ0v) is 20.3. The molecule has 162 valence electrons. The smallest absolute Gasteiger partial charge is 0.294 e. The maximum Gasteiger partial charge on any atom is 0.294 e. The Kier molecular flexibility index (Phi) is 7.84. The summed E-state index contributed by atoms with van der Waals surface area (Å²) in [6.07, 6.45) is 1.60. The van der Waals surface area contributed by atoms with Crippen LogP contribution >= 0.6 is 46.0 Å². The summed E-state index contributed by atoms with van der Waals surface area (Å²) in [5.41, 5.74) is 1.21. The van der Waals surface area contributed by atoms with Gasteiger partial charge in [-0.15, -0.1) is 0 Å². The molecule has 1 N–H and O–H groups in total. The summed E-state index contributed by atoms with van der Waals surface area (Å²) in [6, 6.07) is 10.1. The molecule has 0 unspecified atom stereocenters. The first kappa shape index (κ1) is 23.4. The Morgan fingerprint density at radius 3 is 2.61 bits per heavy atom. The molecule has 0 spiro atoms. The number of nitrogens with one attached hydrogen (secondary N) is 1. The van der Waals surface area contributed by atoms with Gasteiger partial charge in [0.25, 0.3) is 11.1 Å². The fourth-order valence-electron chi connectivity index (χ4n) is 2.80. The van der Waals surface area contributed by atoms with E-state index in [1.54, 1.807) is 43.5 Å². The number of carbonyl (C=O) groups excluding carboxylic acids is 3. The number of rotatable bonds is 7. The van der Waals surface area contributed by atoms with Crippen molar-refractivity contribution in [1.29, 1.82) is 0 Å². The van der Waals surface area contributed by atoms with Crippen LogP contribution < -0.4 is 14.8 Å². The van der Waals surface area contributed by atoms with Gasteiger partial charge in [0.15, 0.2) is 11.5 Å². The number of nitrogens with zero attached hydrogens (tertiary/aromatic N) is 1. The number of benzene rings is 2. The molecule has 1 fully saturated rings. The van der Waals surface area contributed by atoms with Crippen molar-refractivity contribution in [3.63, 3.8) is 0 Å². The predicted molar refractivity (Wildman–Crippen MR) is 130 cm³/mol. The van der Waals surface area contributed by atoms with Crippen molar-refractivity contribution in [3.8, 4) is 11.5 Å². The fraction of sp³-hybridized carbons (Fsp3) is 0.190. The number of hydrogen-bond acceptors (Lipinski definition) is 6. The van der Waals surface area contributed by atoms with Crippen molar-refractivity contribution < 1.29 is 23.9 Å². The van der Waals surface area contributed by atoms with Crippen LogP contribution in [0.3, 0.4) is 0 Å². The van der Waals surface area contributed by atoms with Gasteiger partial charge in [0, 0.05) is 10.7 Å². The van der Waals surface area contributed by atoms with Crippen LogP contribution in [0.4, 0.5) is 10.5 Å². The molecular formula is C21H18ClIN2O5S. The summed E-state index contributed by atoms with van der Waals surface area (Å²) < 4.78 is 11.8. The highest BCUT2D eigenvalue weighted by atomic mass is 127. The topological polar surface area (TPSA) is 84.9 Å². The van der Waals surface area contributed by atoms with Crippen LogP contribution in [-0.4, -0.2) is 42.2 Å². The second kappa shape index (κ2) is 10.4. The molecule has 0 atom stereocenters. The zero-order valence-electron chi connectivity index (χ0n) is 16.6. The molecule has 0 radical (unpaired) electrons. The van der Waals surface area contributed by atoms with Gasteiger partial charge in [-0.2, -0.15) is 0 Å². The Balaban J connectivity index is 1.75. The average molecular weight is 573 g/mol. The monoisotopic (exact) mass is 572 g/mol. The highest BCUT2D eigenvalue weighted by Gasteiger charge is 2.36. The zero-order chi connectivity index (χ0) is 22.5. The van der Waals surface area contributed by atoms with E-state index in [1.165, 1.54) is 0 Å². The molecule has 1 saturated heterocycles. The Labute approximate surface area is 202 Å². The number of thioether (sulfide) groups is 1. The molecule has 0 aromatic heterocycles. The van der Waals surface area contributed by atoms with E-state index < -0.39 is 17.1 Å². The van der Waals surface area contributed by atoms with Crippen LogP contribution in [0.15, 0.2) is 41.3 Å². The number of carbonyl (C=O) groups is 3. The minimum absolute atomic E-state index is 0.229. The molecule has 1 heterocycles. The SMILES string of the molecule is CCOc1cc(/C=C2/SC(=O)N(CC(=O)Nc3ccc(Cl)cc3)C2=O)cc(I)c1OC. The fourth-order valence-corrected chi connectivity index (χ4v) is 4.61. The minimum Gasteiger partial charge on any atom is -0.492 e. The van der Waals surface area contributed by atoms with E-state index in [0.29, 0.717) is 34.4 Å². The number of halogens is 2. The van der Waals surface area contributed by atoms with E-state index >= 15 is 0 Å². The largest absolute Gasteiger partial charge is 0.492 e. The lowest BCUT2D eigenvalue weighted by atomic mass is 10.2. The summed E-state index contributed by atoms with van der Waals surface area (Å²) in [5.74, 6) is 0.143. The lowest BCUT2D eigenvalue weighted by Gasteiger charge is -2.13. The lowest BCUT2D eigenvalue weighted by molar-refractivity contribution is -0.127. The van der Waals surface area contributed by atoms with Gasteiger partial charge in [-0.25, -0.2) is 0 Å². The summed E-state index contributed by atoms with van der Waals surface area (Å²) in [6.45, 7) is 1.93. The van der Waals surface area contributed by atoms with E-state index in [0.717, 1.165) is 20.2 Å². The number of imide groups is 1. The van der Waals surface area contributed by atoms with Crippen LogP contribution in [-0.2, 0) is 9.59 Å². The second-order valence-corrected chi connectivity index (χ2v) is 8.88. The van der Waals surface area contributed by atoms with Gasteiger partial charge in [0.2, 0.25) is 5.91 Å². The normalized spacial score (nSPS) is 14.8. The van der Waals surface area contributed by atoms with Gasteiger partial charge in [0.1, 0.15) is 6.54 Å². The Hall–Kier alpha value is -2.24. The maximum atomic E-state index is 12.7. The minimum atomic E-state index is -0.523. The Morgan fingerprint density at radius 1 is 1.26 bits per heavy atom. The molecule has 0 aliphatic carbocycles. The van der Waals surface area contributed by atoms with E-state index in [2.05, 4.69) is 27.9 Å². The van der Waals surface area contributed by atoms with Crippen molar-refractivity contribution >= 4 is 74.8 Å². The Morgan fingerprint density at radius 2 is 1.97 bits per heavy atom. The number of ether oxygens (including phenoxy) is 2. The first-order chi connectivity index (χ1) is 14.8. The van der Waals surface area contributed by atoms with Crippen molar-refractivity contribution in [2.75, 3.05) is 25.6 Å². The van der Waals surface area contributed by atoms with Gasteiger partial charge < -0.3 is 14.8 Å². The molecule has 7 nitrogen and oxygen atoms in total. The first-order valence-electron chi connectivity index (χ1n) is 9.13. The van der Waals surface area contributed by atoms with Crippen molar-refractivity contribution in [3.05, 3.63) is 55.5 Å². The quantitative estimate of drug-likeness (QED) is 0.370. The van der Waals surface area contributed by atoms with E-state index in [-0.39, 0.29) is 11.4 Å².